The molecule has 1 aromatic carbocycles. The number of nitrogens with one attached hydrogen (secondary N) is 2. The molecular weight excluding hydrogens is 320 g/mol. The van der Waals surface area contributed by atoms with Gasteiger partial charge in [0.15, 0.2) is 0 Å². The van der Waals surface area contributed by atoms with Crippen LogP contribution in [0.3, 0.4) is 0 Å². The highest BCUT2D eigenvalue weighted by molar-refractivity contribution is 5.89. The van der Waals surface area contributed by atoms with Crippen molar-refractivity contribution in [1.29, 1.82) is 0 Å². The molecule has 7 nitrogen and oxygen atoms in total. The van der Waals surface area contributed by atoms with Gasteiger partial charge in [0.2, 0.25) is 5.91 Å². The molecule has 0 fully saturated rings. The molecule has 1 heterocycles. The van der Waals surface area contributed by atoms with Crippen LogP contribution in [-0.2, 0) is 11.3 Å². The molecular formula is C18H24N4O3. The van der Waals surface area contributed by atoms with Crippen LogP contribution in [0.5, 0.6) is 0 Å². The largest absolute Gasteiger partial charge is 0.361 e. The molecule has 134 valence electrons. The molecule has 25 heavy (non-hydrogen) atoms. The molecule has 0 bridgehead atoms. The Hall–Kier alpha value is -2.83. The molecule has 0 aliphatic heterocycles. The third-order valence-electron chi connectivity index (χ3n) is 4.01. The van der Waals surface area contributed by atoms with Crippen molar-refractivity contribution in [3.05, 3.63) is 46.8 Å². The number of rotatable bonds is 5. The highest BCUT2D eigenvalue weighted by Gasteiger charge is 2.18. The number of nitrogens with zero attached hydrogens (tertiary/aromatic N) is 2. The van der Waals surface area contributed by atoms with Gasteiger partial charge in [-0.2, -0.15) is 0 Å². The smallest absolute Gasteiger partial charge is 0.319 e. The quantitative estimate of drug-likeness (QED) is 0.872. The molecule has 1 aromatic heterocycles. The maximum absolute atomic E-state index is 12.2. The Balaban J connectivity index is 2.00. The lowest BCUT2D eigenvalue weighted by molar-refractivity contribution is -0.128. The summed E-state index contributed by atoms with van der Waals surface area (Å²) in [6.07, 6.45) is 0. The van der Waals surface area contributed by atoms with E-state index in [0.29, 0.717) is 18.0 Å². The molecule has 3 amide bonds. The van der Waals surface area contributed by atoms with Crippen LogP contribution in [0, 0.1) is 13.8 Å². The second kappa shape index (κ2) is 7.83. The van der Waals surface area contributed by atoms with Gasteiger partial charge in [-0.1, -0.05) is 17.3 Å². The summed E-state index contributed by atoms with van der Waals surface area (Å²) in [7, 11) is 1.74. The minimum Gasteiger partial charge on any atom is -0.361 e. The van der Waals surface area contributed by atoms with Gasteiger partial charge in [0, 0.05) is 31.8 Å². The standard InChI is InChI=1S/C18H24N4O3/c1-11(17-12(2)21-25-13(17)3)19-18(24)20-16-8-6-7-15(9-16)10-22(5)14(4)23/h6-9,11H,10H2,1-5H3,(H2,19,20,24)/t11-/m1/s1. The zero-order valence-electron chi connectivity index (χ0n) is 15.2. The molecule has 0 saturated heterocycles. The van der Waals surface area contributed by atoms with E-state index in [1.165, 1.54) is 6.92 Å². The van der Waals surface area contributed by atoms with Crippen LogP contribution in [0.15, 0.2) is 28.8 Å². The first-order valence-corrected chi connectivity index (χ1v) is 8.09. The molecule has 0 unspecified atom stereocenters. The molecule has 0 aliphatic carbocycles. The zero-order valence-corrected chi connectivity index (χ0v) is 15.2. The van der Waals surface area contributed by atoms with E-state index in [1.807, 2.05) is 39.0 Å². The number of aromatic nitrogens is 1. The average Bonchev–Trinajstić information content (AvgIpc) is 2.86. The average molecular weight is 344 g/mol. The number of aryl methyl sites for hydroxylation is 2. The Kier molecular flexibility index (Phi) is 5.80. The number of urea groups is 1. The molecule has 0 aliphatic rings. The Morgan fingerprint density at radius 3 is 2.64 bits per heavy atom. The first-order chi connectivity index (χ1) is 11.8. The predicted octanol–water partition coefficient (Wildman–Crippen LogP) is 3.15. The van der Waals surface area contributed by atoms with Crippen molar-refractivity contribution in [2.45, 2.75) is 40.3 Å². The van der Waals surface area contributed by atoms with Gasteiger partial charge >= 0.3 is 6.03 Å². The minimum atomic E-state index is -0.315. The summed E-state index contributed by atoms with van der Waals surface area (Å²) in [5.74, 6) is 0.684. The van der Waals surface area contributed by atoms with Crippen molar-refractivity contribution in [1.82, 2.24) is 15.4 Å². The van der Waals surface area contributed by atoms with Crippen molar-refractivity contribution < 1.29 is 14.1 Å². The van der Waals surface area contributed by atoms with Crippen LogP contribution < -0.4 is 10.6 Å². The molecule has 2 aromatic rings. The van der Waals surface area contributed by atoms with Gasteiger partial charge in [0.25, 0.3) is 0 Å². The Morgan fingerprint density at radius 2 is 2.04 bits per heavy atom. The number of carbonyl (C=O) groups excluding carboxylic acids is 2. The van der Waals surface area contributed by atoms with E-state index < -0.39 is 0 Å². The second-order valence-electron chi connectivity index (χ2n) is 6.13. The fourth-order valence-electron chi connectivity index (χ4n) is 2.68. The van der Waals surface area contributed by atoms with Crippen LogP contribution in [0.2, 0.25) is 0 Å². The van der Waals surface area contributed by atoms with Crippen molar-refractivity contribution in [2.75, 3.05) is 12.4 Å². The van der Waals surface area contributed by atoms with Crippen LogP contribution in [0.25, 0.3) is 0 Å². The SMILES string of the molecule is CC(=O)N(C)Cc1cccc(NC(=O)N[C@H](C)c2c(C)noc2C)c1. The highest BCUT2D eigenvalue weighted by Crippen LogP contribution is 2.21. The lowest BCUT2D eigenvalue weighted by Crippen LogP contribution is -2.31. The monoisotopic (exact) mass is 344 g/mol. The van der Waals surface area contributed by atoms with Gasteiger partial charge < -0.3 is 20.1 Å². The molecule has 7 heteroatoms. The summed E-state index contributed by atoms with van der Waals surface area (Å²) in [6, 6.07) is 6.87. The van der Waals surface area contributed by atoms with E-state index in [-0.39, 0.29) is 18.0 Å². The van der Waals surface area contributed by atoms with Gasteiger partial charge in [-0.05, 0) is 38.5 Å². The van der Waals surface area contributed by atoms with E-state index in [9.17, 15) is 9.59 Å². The Bertz CT molecular complexity index is 750. The zero-order chi connectivity index (χ0) is 18.6. The van der Waals surface area contributed by atoms with Gasteiger partial charge in [-0.15, -0.1) is 0 Å². The van der Waals surface area contributed by atoms with Gasteiger partial charge in [0.05, 0.1) is 11.7 Å². The normalized spacial score (nSPS) is 11.7. The maximum atomic E-state index is 12.2. The van der Waals surface area contributed by atoms with Crippen molar-refractivity contribution in [2.24, 2.45) is 0 Å². The second-order valence-corrected chi connectivity index (χ2v) is 6.13. The van der Waals surface area contributed by atoms with Gasteiger partial charge in [0.1, 0.15) is 5.76 Å². The molecule has 2 rings (SSSR count). The summed E-state index contributed by atoms with van der Waals surface area (Å²) in [5, 5.41) is 9.59. The third-order valence-corrected chi connectivity index (χ3v) is 4.01. The van der Waals surface area contributed by atoms with Crippen LogP contribution in [-0.4, -0.2) is 29.0 Å². The van der Waals surface area contributed by atoms with Crippen LogP contribution in [0.4, 0.5) is 10.5 Å². The third kappa shape index (κ3) is 4.82. The van der Waals surface area contributed by atoms with E-state index >= 15 is 0 Å². The number of hydrogen-bond acceptors (Lipinski definition) is 4. The fourth-order valence-corrected chi connectivity index (χ4v) is 2.68. The van der Waals surface area contributed by atoms with Gasteiger partial charge in [-0.25, -0.2) is 4.79 Å². The molecule has 0 spiro atoms. The van der Waals surface area contributed by atoms with E-state index in [1.54, 1.807) is 18.0 Å². The number of hydrogen-bond donors (Lipinski definition) is 2. The lowest BCUT2D eigenvalue weighted by atomic mass is 10.1. The summed E-state index contributed by atoms with van der Waals surface area (Å²) in [6.45, 7) is 7.55. The van der Waals surface area contributed by atoms with Crippen molar-refractivity contribution in [3.63, 3.8) is 0 Å². The molecule has 1 atom stereocenters. The van der Waals surface area contributed by atoms with E-state index in [4.69, 9.17) is 4.52 Å². The number of anilines is 1. The number of amides is 3. The highest BCUT2D eigenvalue weighted by atomic mass is 16.5. The summed E-state index contributed by atoms with van der Waals surface area (Å²) < 4.78 is 5.13. The first kappa shape index (κ1) is 18.5. The van der Waals surface area contributed by atoms with Gasteiger partial charge in [-0.3, -0.25) is 4.79 Å². The minimum absolute atomic E-state index is 0.00982. The van der Waals surface area contributed by atoms with Crippen molar-refractivity contribution in [3.8, 4) is 0 Å². The summed E-state index contributed by atoms with van der Waals surface area (Å²) >= 11 is 0. The van der Waals surface area contributed by atoms with E-state index in [0.717, 1.165) is 16.8 Å². The lowest BCUT2D eigenvalue weighted by Gasteiger charge is -2.17. The Morgan fingerprint density at radius 1 is 1.32 bits per heavy atom. The maximum Gasteiger partial charge on any atom is 0.319 e. The molecule has 2 N–H and O–H groups in total. The van der Waals surface area contributed by atoms with Crippen LogP contribution in [0.1, 0.15) is 42.5 Å². The molecule has 0 saturated carbocycles. The summed E-state index contributed by atoms with van der Waals surface area (Å²) in [5.41, 5.74) is 3.25. The predicted molar refractivity (Wildman–Crippen MR) is 95.1 cm³/mol. The fraction of sp³-hybridized carbons (Fsp3) is 0.389. The number of carbonyl (C=O) groups is 2. The molecule has 0 radical (unpaired) electrons. The van der Waals surface area contributed by atoms with E-state index in [2.05, 4.69) is 15.8 Å². The topological polar surface area (TPSA) is 87.5 Å². The van der Waals surface area contributed by atoms with Crippen LogP contribution >= 0.6 is 0 Å². The number of benzene rings is 1. The van der Waals surface area contributed by atoms with Crippen molar-refractivity contribution >= 4 is 17.6 Å². The first-order valence-electron chi connectivity index (χ1n) is 8.09. The summed E-state index contributed by atoms with van der Waals surface area (Å²) in [4.78, 5) is 25.2. The Labute approximate surface area is 147 Å².